The lowest BCUT2D eigenvalue weighted by molar-refractivity contribution is 0.0600. The van der Waals surface area contributed by atoms with Crippen LogP contribution in [0, 0.1) is 5.82 Å². The van der Waals surface area contributed by atoms with Crippen molar-refractivity contribution in [2.45, 2.75) is 18.8 Å². The predicted octanol–water partition coefficient (Wildman–Crippen LogP) is 2.24. The molecule has 0 unspecified atom stereocenters. The van der Waals surface area contributed by atoms with E-state index in [2.05, 4.69) is 14.7 Å². The van der Waals surface area contributed by atoms with Gasteiger partial charge < -0.3 is 9.72 Å². The number of halogens is 1. The van der Waals surface area contributed by atoms with E-state index in [1.165, 1.54) is 25.3 Å². The van der Waals surface area contributed by atoms with E-state index in [0.717, 1.165) is 18.9 Å². The number of methoxy groups -OCH3 is 1. The summed E-state index contributed by atoms with van der Waals surface area (Å²) in [6, 6.07) is 5.09. The molecule has 0 bridgehead atoms. The number of H-pyrrole nitrogens is 1. The number of hydrogen-bond donors (Lipinski definition) is 1. The summed E-state index contributed by atoms with van der Waals surface area (Å²) >= 11 is 0. The number of carbonyl (C=O) groups excluding carboxylic acids is 1. The molecular formula is C15H13FN2O3. The summed E-state index contributed by atoms with van der Waals surface area (Å²) in [5.41, 5.74) is 0.530. The summed E-state index contributed by atoms with van der Waals surface area (Å²) in [5.74, 6) is -0.335. The van der Waals surface area contributed by atoms with E-state index in [1.807, 2.05) is 0 Å². The number of nitrogens with one attached hydrogen (secondary N) is 1. The summed E-state index contributed by atoms with van der Waals surface area (Å²) in [5, 5.41) is 0. The molecule has 0 aliphatic heterocycles. The van der Waals surface area contributed by atoms with Gasteiger partial charge in [0, 0.05) is 17.5 Å². The molecule has 1 aliphatic carbocycles. The average Bonchev–Trinajstić information content (AvgIpc) is 3.29. The Morgan fingerprint density at radius 3 is 2.76 bits per heavy atom. The highest BCUT2D eigenvalue weighted by Crippen LogP contribution is 2.38. The molecule has 108 valence electrons. The van der Waals surface area contributed by atoms with Gasteiger partial charge in [-0.3, -0.25) is 4.79 Å². The van der Waals surface area contributed by atoms with Gasteiger partial charge in [-0.2, -0.15) is 0 Å². The third-order valence-electron chi connectivity index (χ3n) is 3.34. The van der Waals surface area contributed by atoms with Crippen LogP contribution in [0.15, 0.2) is 29.1 Å². The minimum Gasteiger partial charge on any atom is -0.465 e. The quantitative estimate of drug-likeness (QED) is 0.879. The minimum atomic E-state index is -0.636. The maximum absolute atomic E-state index is 13.7. The average molecular weight is 288 g/mol. The zero-order chi connectivity index (χ0) is 15.0. The Bertz CT molecular complexity index is 766. The molecule has 0 spiro atoms. The number of aromatic amines is 1. The van der Waals surface area contributed by atoms with Gasteiger partial charge in [-0.25, -0.2) is 14.2 Å². The lowest BCUT2D eigenvalue weighted by Gasteiger charge is -2.06. The molecule has 1 saturated carbocycles. The number of rotatable bonds is 3. The molecular weight excluding hydrogens is 275 g/mol. The van der Waals surface area contributed by atoms with Crippen LogP contribution in [0.5, 0.6) is 0 Å². The Morgan fingerprint density at radius 1 is 1.33 bits per heavy atom. The van der Waals surface area contributed by atoms with Crippen LogP contribution in [0.2, 0.25) is 0 Å². The first-order valence-electron chi connectivity index (χ1n) is 6.57. The zero-order valence-electron chi connectivity index (χ0n) is 11.4. The molecule has 1 fully saturated rings. The summed E-state index contributed by atoms with van der Waals surface area (Å²) in [6.07, 6.45) is 1.98. The molecule has 6 heteroatoms. The molecule has 0 amide bonds. The fourth-order valence-corrected chi connectivity index (χ4v) is 2.15. The molecule has 0 atom stereocenters. The molecule has 1 aromatic heterocycles. The maximum Gasteiger partial charge on any atom is 0.337 e. The van der Waals surface area contributed by atoms with Gasteiger partial charge in [0.2, 0.25) is 0 Å². The summed E-state index contributed by atoms with van der Waals surface area (Å²) in [7, 11) is 1.23. The Morgan fingerprint density at radius 2 is 2.10 bits per heavy atom. The van der Waals surface area contributed by atoms with Crippen molar-refractivity contribution in [2.24, 2.45) is 0 Å². The first-order valence-corrected chi connectivity index (χ1v) is 6.57. The first kappa shape index (κ1) is 13.5. The van der Waals surface area contributed by atoms with Crippen molar-refractivity contribution < 1.29 is 13.9 Å². The van der Waals surface area contributed by atoms with Crippen molar-refractivity contribution in [1.29, 1.82) is 0 Å². The van der Waals surface area contributed by atoms with E-state index in [0.29, 0.717) is 17.1 Å². The number of esters is 1. The lowest BCUT2D eigenvalue weighted by atomic mass is 10.1. The van der Waals surface area contributed by atoms with Crippen LogP contribution < -0.4 is 5.56 Å². The lowest BCUT2D eigenvalue weighted by Crippen LogP contribution is -2.11. The maximum atomic E-state index is 13.7. The molecule has 0 saturated heterocycles. The van der Waals surface area contributed by atoms with E-state index in [1.54, 1.807) is 0 Å². The molecule has 1 heterocycles. The largest absolute Gasteiger partial charge is 0.465 e. The van der Waals surface area contributed by atoms with Gasteiger partial charge >= 0.3 is 5.97 Å². The Kier molecular flexibility index (Phi) is 3.29. The monoisotopic (exact) mass is 288 g/mol. The Balaban J connectivity index is 2.09. The SMILES string of the molecule is COC(=O)c1cc(F)cc(-c2cc(=O)[nH]c(C3CC3)n2)c1. The van der Waals surface area contributed by atoms with Crippen molar-refractivity contribution in [3.8, 4) is 11.3 Å². The third-order valence-corrected chi connectivity index (χ3v) is 3.34. The van der Waals surface area contributed by atoms with Gasteiger partial charge in [0.05, 0.1) is 18.4 Å². The van der Waals surface area contributed by atoms with Gasteiger partial charge in [-0.05, 0) is 31.0 Å². The van der Waals surface area contributed by atoms with Gasteiger partial charge in [0.15, 0.2) is 0 Å². The summed E-state index contributed by atoms with van der Waals surface area (Å²) < 4.78 is 18.2. The van der Waals surface area contributed by atoms with Crippen LogP contribution in [0.4, 0.5) is 4.39 Å². The molecule has 3 rings (SSSR count). The van der Waals surface area contributed by atoms with E-state index >= 15 is 0 Å². The smallest absolute Gasteiger partial charge is 0.337 e. The van der Waals surface area contributed by atoms with Crippen molar-refractivity contribution in [3.63, 3.8) is 0 Å². The van der Waals surface area contributed by atoms with Gasteiger partial charge in [0.25, 0.3) is 5.56 Å². The summed E-state index contributed by atoms with van der Waals surface area (Å²) in [6.45, 7) is 0. The highest BCUT2D eigenvalue weighted by Gasteiger charge is 2.26. The van der Waals surface area contributed by atoms with E-state index in [-0.39, 0.29) is 17.0 Å². The topological polar surface area (TPSA) is 72.1 Å². The predicted molar refractivity (Wildman–Crippen MR) is 73.6 cm³/mol. The van der Waals surface area contributed by atoms with Crippen molar-refractivity contribution >= 4 is 5.97 Å². The van der Waals surface area contributed by atoms with E-state index in [9.17, 15) is 14.0 Å². The van der Waals surface area contributed by atoms with Crippen LogP contribution >= 0.6 is 0 Å². The standard InChI is InChI=1S/C15H13FN2O3/c1-21-15(20)10-4-9(5-11(16)6-10)12-7-13(19)18-14(17-12)8-2-3-8/h4-8H,2-3H2,1H3,(H,17,18,19). The number of aromatic nitrogens is 2. The van der Waals surface area contributed by atoms with Crippen molar-refractivity contribution in [3.05, 3.63) is 51.8 Å². The second-order valence-corrected chi connectivity index (χ2v) is 5.01. The highest BCUT2D eigenvalue weighted by molar-refractivity contribution is 5.90. The second-order valence-electron chi connectivity index (χ2n) is 5.01. The van der Waals surface area contributed by atoms with E-state index < -0.39 is 11.8 Å². The van der Waals surface area contributed by atoms with Gasteiger partial charge in [-0.15, -0.1) is 0 Å². The van der Waals surface area contributed by atoms with Gasteiger partial charge in [-0.1, -0.05) is 0 Å². The molecule has 21 heavy (non-hydrogen) atoms. The number of nitrogens with zero attached hydrogens (tertiary/aromatic N) is 1. The van der Waals surface area contributed by atoms with Crippen LogP contribution in [0.1, 0.15) is 34.9 Å². The minimum absolute atomic E-state index is 0.0857. The molecule has 2 aromatic rings. The molecule has 1 aromatic carbocycles. The van der Waals surface area contributed by atoms with Crippen LogP contribution in [-0.4, -0.2) is 23.0 Å². The number of hydrogen-bond acceptors (Lipinski definition) is 4. The van der Waals surface area contributed by atoms with E-state index in [4.69, 9.17) is 0 Å². The molecule has 5 nitrogen and oxygen atoms in total. The fourth-order valence-electron chi connectivity index (χ4n) is 2.15. The fraction of sp³-hybridized carbons (Fsp3) is 0.267. The number of ether oxygens (including phenoxy) is 1. The normalized spacial score (nSPS) is 14.0. The Labute approximate surface area is 119 Å². The highest BCUT2D eigenvalue weighted by atomic mass is 19.1. The second kappa shape index (κ2) is 5.12. The van der Waals surface area contributed by atoms with Gasteiger partial charge in [0.1, 0.15) is 11.6 Å². The Hall–Kier alpha value is -2.50. The third kappa shape index (κ3) is 2.84. The van der Waals surface area contributed by atoms with Crippen LogP contribution in [0.3, 0.4) is 0 Å². The molecule has 0 radical (unpaired) electrons. The molecule has 1 aliphatic rings. The number of carbonyl (C=O) groups is 1. The first-order chi connectivity index (χ1) is 10.1. The zero-order valence-corrected chi connectivity index (χ0v) is 11.4. The van der Waals surface area contributed by atoms with Crippen LogP contribution in [0.25, 0.3) is 11.3 Å². The molecule has 1 N–H and O–H groups in total. The number of benzene rings is 1. The van der Waals surface area contributed by atoms with Crippen molar-refractivity contribution in [1.82, 2.24) is 9.97 Å². The van der Waals surface area contributed by atoms with Crippen LogP contribution in [-0.2, 0) is 4.74 Å². The summed E-state index contributed by atoms with van der Waals surface area (Å²) in [4.78, 5) is 30.3. The van der Waals surface area contributed by atoms with Crippen molar-refractivity contribution in [2.75, 3.05) is 7.11 Å².